The van der Waals surface area contributed by atoms with Gasteiger partial charge in [0.05, 0.1) is 36.6 Å². The molecule has 7 nitrogen and oxygen atoms in total. The summed E-state index contributed by atoms with van der Waals surface area (Å²) in [5, 5.41) is 17.4. The minimum Gasteiger partial charge on any atom is -0.357 e. The van der Waals surface area contributed by atoms with Crippen molar-refractivity contribution in [1.29, 1.82) is 5.26 Å². The lowest BCUT2D eigenvalue weighted by Crippen LogP contribution is -2.35. The number of aromatic nitrogens is 5. The third kappa shape index (κ3) is 3.03. The predicted octanol–water partition coefficient (Wildman–Crippen LogP) is 3.19. The summed E-state index contributed by atoms with van der Waals surface area (Å²) < 4.78 is 4.18. The van der Waals surface area contributed by atoms with E-state index in [1.165, 1.54) is 5.56 Å². The zero-order valence-corrected chi connectivity index (χ0v) is 16.2. The van der Waals surface area contributed by atoms with Gasteiger partial charge < -0.3 is 14.0 Å². The molecule has 0 saturated heterocycles. The van der Waals surface area contributed by atoms with E-state index < -0.39 is 0 Å². The van der Waals surface area contributed by atoms with Crippen LogP contribution in [-0.4, -0.2) is 35.3 Å². The average molecular weight is 383 g/mol. The van der Waals surface area contributed by atoms with E-state index in [1.54, 1.807) is 0 Å². The van der Waals surface area contributed by atoms with Crippen molar-refractivity contribution < 1.29 is 0 Å². The summed E-state index contributed by atoms with van der Waals surface area (Å²) in [6, 6.07) is 13.0. The lowest BCUT2D eigenvalue weighted by molar-refractivity contribution is 0.299. The monoisotopic (exact) mass is 383 g/mol. The van der Waals surface area contributed by atoms with Gasteiger partial charge in [-0.1, -0.05) is 36.4 Å². The van der Waals surface area contributed by atoms with E-state index in [1.807, 2.05) is 30.1 Å². The van der Waals surface area contributed by atoms with Gasteiger partial charge in [0.2, 0.25) is 0 Å². The van der Waals surface area contributed by atoms with Gasteiger partial charge in [-0.05, 0) is 24.6 Å². The molecule has 2 aliphatic heterocycles. The summed E-state index contributed by atoms with van der Waals surface area (Å²) in [4.78, 5) is 7.04. The Morgan fingerprint density at radius 3 is 2.83 bits per heavy atom. The van der Waals surface area contributed by atoms with Crippen LogP contribution in [0.2, 0.25) is 0 Å². The molecule has 2 unspecified atom stereocenters. The van der Waals surface area contributed by atoms with Crippen molar-refractivity contribution in [3.63, 3.8) is 0 Å². The zero-order valence-electron chi connectivity index (χ0n) is 16.2. The molecule has 3 aromatic rings. The Bertz CT molecular complexity index is 1130. The van der Waals surface area contributed by atoms with E-state index in [-0.39, 0.29) is 12.1 Å². The van der Waals surface area contributed by atoms with Crippen molar-refractivity contribution in [3.8, 4) is 6.07 Å². The molecule has 0 saturated carbocycles. The Hall–Kier alpha value is -3.66. The van der Waals surface area contributed by atoms with E-state index in [0.717, 1.165) is 29.6 Å². The molecule has 0 fully saturated rings. The molecule has 0 radical (unpaired) electrons. The van der Waals surface area contributed by atoms with Crippen LogP contribution < -0.4 is 0 Å². The smallest absolute Gasteiger partial charge is 0.157 e. The Balaban J connectivity index is 1.54. The maximum atomic E-state index is 8.87. The number of nitriles is 1. The van der Waals surface area contributed by atoms with Crippen LogP contribution in [0.3, 0.4) is 0 Å². The largest absolute Gasteiger partial charge is 0.357 e. The van der Waals surface area contributed by atoms with Crippen LogP contribution >= 0.6 is 0 Å². The third-order valence-corrected chi connectivity index (χ3v) is 5.55. The van der Waals surface area contributed by atoms with Gasteiger partial charge in [-0.25, -0.2) is 4.98 Å². The number of fused-ring (bicyclic) bond motifs is 3. The molecule has 0 spiro atoms. The number of hydrogen-bond donors (Lipinski definition) is 0. The van der Waals surface area contributed by atoms with Crippen LogP contribution in [0.4, 0.5) is 0 Å². The van der Waals surface area contributed by atoms with Crippen molar-refractivity contribution in [2.24, 2.45) is 0 Å². The molecular formula is C22H21N7. The predicted molar refractivity (Wildman–Crippen MR) is 109 cm³/mol. The zero-order chi connectivity index (χ0) is 19.8. The van der Waals surface area contributed by atoms with E-state index in [2.05, 4.69) is 73.2 Å². The number of hydrogen-bond acceptors (Lipinski definition) is 5. The first-order chi connectivity index (χ1) is 14.2. The molecule has 0 aliphatic carbocycles. The van der Waals surface area contributed by atoms with Crippen molar-refractivity contribution in [2.45, 2.75) is 38.5 Å². The Morgan fingerprint density at radius 2 is 2.00 bits per heavy atom. The molecule has 2 atom stereocenters. The van der Waals surface area contributed by atoms with Crippen molar-refractivity contribution in [3.05, 3.63) is 77.9 Å². The van der Waals surface area contributed by atoms with Gasteiger partial charge in [-0.15, -0.1) is 10.2 Å². The quantitative estimate of drug-likeness (QED) is 0.676. The summed E-state index contributed by atoms with van der Waals surface area (Å²) in [6.45, 7) is 3.44. The number of benzene rings is 1. The summed E-state index contributed by atoms with van der Waals surface area (Å²) in [6.07, 6.45) is 10.9. The maximum Gasteiger partial charge on any atom is 0.157 e. The second-order valence-electron chi connectivity index (χ2n) is 7.39. The highest BCUT2D eigenvalue weighted by molar-refractivity contribution is 5.67. The molecule has 7 heteroatoms. The van der Waals surface area contributed by atoms with Gasteiger partial charge in [-0.3, -0.25) is 0 Å². The summed E-state index contributed by atoms with van der Waals surface area (Å²) in [5.74, 6) is 1.80. The number of aryl methyl sites for hydroxylation is 2. The summed E-state index contributed by atoms with van der Waals surface area (Å²) >= 11 is 0. The first-order valence-corrected chi connectivity index (χ1v) is 9.76. The Labute approximate surface area is 169 Å². The topological polar surface area (TPSA) is 75.6 Å². The molecule has 4 heterocycles. The SMILES string of the molecule is Cc1nnc2n1C1C=C(c3cn(CCC#N)cn3)N(Cc3ccccc3)C1C=C2. The molecule has 2 aromatic heterocycles. The van der Waals surface area contributed by atoms with E-state index >= 15 is 0 Å². The molecule has 2 aliphatic rings. The van der Waals surface area contributed by atoms with E-state index in [9.17, 15) is 0 Å². The highest BCUT2D eigenvalue weighted by atomic mass is 15.3. The fourth-order valence-electron chi connectivity index (χ4n) is 4.20. The van der Waals surface area contributed by atoms with Crippen LogP contribution in [0.15, 0.2) is 55.0 Å². The minimum atomic E-state index is 0.132. The standard InChI is InChI=1S/C22H21N7/c1-16-25-26-22-9-8-19-21(29(16)22)12-20(18-14-27(15-24-18)11-5-10-23)28(19)13-17-6-3-2-4-7-17/h2-4,6-9,12,14-15,19,21H,5,11,13H2,1H3. The van der Waals surface area contributed by atoms with Crippen LogP contribution in [-0.2, 0) is 13.1 Å². The van der Waals surface area contributed by atoms with Gasteiger partial charge in [0, 0.05) is 19.3 Å². The van der Waals surface area contributed by atoms with Crippen molar-refractivity contribution in [2.75, 3.05) is 0 Å². The van der Waals surface area contributed by atoms with Gasteiger partial charge >= 0.3 is 0 Å². The number of nitrogens with zero attached hydrogens (tertiary/aromatic N) is 7. The normalized spacial score (nSPS) is 19.6. The van der Waals surface area contributed by atoms with E-state index in [0.29, 0.717) is 13.0 Å². The highest BCUT2D eigenvalue weighted by Gasteiger charge is 2.38. The second kappa shape index (κ2) is 7.06. The third-order valence-electron chi connectivity index (χ3n) is 5.55. The molecular weight excluding hydrogens is 362 g/mol. The van der Waals surface area contributed by atoms with Gasteiger partial charge in [-0.2, -0.15) is 5.26 Å². The van der Waals surface area contributed by atoms with E-state index in [4.69, 9.17) is 5.26 Å². The van der Waals surface area contributed by atoms with Crippen LogP contribution in [0, 0.1) is 18.3 Å². The highest BCUT2D eigenvalue weighted by Crippen LogP contribution is 2.41. The van der Waals surface area contributed by atoms with Crippen molar-refractivity contribution >= 4 is 11.8 Å². The first kappa shape index (κ1) is 17.4. The van der Waals surface area contributed by atoms with Crippen molar-refractivity contribution in [1.82, 2.24) is 29.2 Å². The number of rotatable bonds is 5. The molecule has 5 rings (SSSR count). The molecule has 0 bridgehead atoms. The Kier molecular flexibility index (Phi) is 4.24. The van der Waals surface area contributed by atoms with Crippen LogP contribution in [0.25, 0.3) is 11.8 Å². The van der Waals surface area contributed by atoms with Crippen LogP contribution in [0.5, 0.6) is 0 Å². The first-order valence-electron chi connectivity index (χ1n) is 9.76. The minimum absolute atomic E-state index is 0.132. The van der Waals surface area contributed by atoms with Gasteiger partial charge in [0.1, 0.15) is 11.5 Å². The second-order valence-corrected chi connectivity index (χ2v) is 7.39. The molecule has 1 aromatic carbocycles. The summed E-state index contributed by atoms with van der Waals surface area (Å²) in [5.41, 5.74) is 3.28. The average Bonchev–Trinajstić information content (AvgIpc) is 3.45. The lowest BCUT2D eigenvalue weighted by Gasteiger charge is -2.32. The Morgan fingerprint density at radius 1 is 1.14 bits per heavy atom. The fourth-order valence-corrected chi connectivity index (χ4v) is 4.20. The molecule has 144 valence electrons. The summed E-state index contributed by atoms with van der Waals surface area (Å²) in [7, 11) is 0. The fraction of sp³-hybridized carbons (Fsp3) is 0.273. The number of imidazole rings is 1. The van der Waals surface area contributed by atoms with Gasteiger partial charge in [0.25, 0.3) is 0 Å². The molecule has 0 amide bonds. The molecule has 0 N–H and O–H groups in total. The van der Waals surface area contributed by atoms with Crippen LogP contribution in [0.1, 0.15) is 35.4 Å². The maximum absolute atomic E-state index is 8.87. The van der Waals surface area contributed by atoms with Gasteiger partial charge in [0.15, 0.2) is 5.82 Å². The lowest BCUT2D eigenvalue weighted by atomic mass is 10.1. The molecule has 29 heavy (non-hydrogen) atoms.